The topological polar surface area (TPSA) is 99.7 Å². The Morgan fingerprint density at radius 1 is 0.857 bits per heavy atom. The number of likely N-dealkylation sites (tertiary alicyclic amines) is 1. The maximum Gasteiger partial charge on any atom is 0.310 e. The lowest BCUT2D eigenvalue weighted by molar-refractivity contribution is -0.152. The molecule has 0 amide bonds. The monoisotopic (exact) mass is 563 g/mol. The first-order chi connectivity index (χ1) is 20.4. The number of carbonyl (C=O) groups is 1. The molecule has 6 rings (SSSR count). The Morgan fingerprint density at radius 3 is 2.19 bits per heavy atom. The van der Waals surface area contributed by atoms with Gasteiger partial charge in [-0.1, -0.05) is 71.9 Å². The van der Waals surface area contributed by atoms with Crippen LogP contribution in [0.1, 0.15) is 24.0 Å². The Kier molecular flexibility index (Phi) is 7.54. The Bertz CT molecular complexity index is 1680. The molecule has 2 heterocycles. The molecule has 0 aliphatic carbocycles. The first-order valence-electron chi connectivity index (χ1n) is 13.9. The van der Waals surface area contributed by atoms with Crippen LogP contribution in [0.15, 0.2) is 102 Å². The summed E-state index contributed by atoms with van der Waals surface area (Å²) in [6, 6.07) is 29.0. The Labute approximate surface area is 242 Å². The number of carboxylic acid groups (broad SMARTS) is 1. The molecule has 0 unspecified atom stereocenters. The SMILES string of the molecule is O=C(O)C1(Cc2ccc(F)cc2)CCN(Cc2ccc(-c3noc(-c4ccc(-c5ccccc5)c(O)c4)n3)cc2)CC1. The van der Waals surface area contributed by atoms with Crippen molar-refractivity contribution in [2.45, 2.75) is 25.8 Å². The van der Waals surface area contributed by atoms with Gasteiger partial charge in [0.05, 0.1) is 5.41 Å². The molecule has 2 N–H and O–H groups in total. The molecule has 4 aromatic carbocycles. The summed E-state index contributed by atoms with van der Waals surface area (Å²) in [5, 5.41) is 24.8. The van der Waals surface area contributed by atoms with Crippen LogP contribution >= 0.6 is 0 Å². The van der Waals surface area contributed by atoms with Gasteiger partial charge in [-0.2, -0.15) is 4.98 Å². The van der Waals surface area contributed by atoms with E-state index in [1.54, 1.807) is 18.2 Å². The van der Waals surface area contributed by atoms with Crippen molar-refractivity contribution < 1.29 is 23.9 Å². The van der Waals surface area contributed by atoms with Crippen molar-refractivity contribution in [3.8, 4) is 39.7 Å². The van der Waals surface area contributed by atoms with E-state index in [9.17, 15) is 19.4 Å². The fourth-order valence-corrected chi connectivity index (χ4v) is 5.60. The van der Waals surface area contributed by atoms with Crippen LogP contribution in [0.3, 0.4) is 0 Å². The summed E-state index contributed by atoms with van der Waals surface area (Å²) in [6.45, 7) is 2.04. The van der Waals surface area contributed by atoms with Crippen molar-refractivity contribution in [1.29, 1.82) is 0 Å². The van der Waals surface area contributed by atoms with Crippen LogP contribution in [0.4, 0.5) is 4.39 Å². The summed E-state index contributed by atoms with van der Waals surface area (Å²) in [5.74, 6) is -0.208. The van der Waals surface area contributed by atoms with Gasteiger partial charge in [-0.15, -0.1) is 0 Å². The van der Waals surface area contributed by atoms with Crippen LogP contribution < -0.4 is 0 Å². The number of nitrogens with zero attached hydrogens (tertiary/aromatic N) is 3. The Balaban J connectivity index is 1.08. The van der Waals surface area contributed by atoms with E-state index in [1.165, 1.54) is 12.1 Å². The summed E-state index contributed by atoms with van der Waals surface area (Å²) in [6.07, 6.45) is 1.46. The van der Waals surface area contributed by atoms with E-state index in [0.29, 0.717) is 56.2 Å². The van der Waals surface area contributed by atoms with Gasteiger partial charge >= 0.3 is 5.97 Å². The van der Waals surface area contributed by atoms with Crippen molar-refractivity contribution in [2.24, 2.45) is 5.41 Å². The standard InChI is InChI=1S/C34H30FN3O4/c35-28-13-8-23(9-14-28)21-34(33(40)41)16-18-38(19-17-34)22-24-6-10-26(11-7-24)31-36-32(42-37-31)27-12-15-29(30(39)20-27)25-4-2-1-3-5-25/h1-15,20,39H,16-19,21-22H2,(H,40,41). The van der Waals surface area contributed by atoms with Gasteiger partial charge in [0.2, 0.25) is 5.82 Å². The van der Waals surface area contributed by atoms with E-state index < -0.39 is 11.4 Å². The molecule has 0 saturated carbocycles. The number of benzene rings is 4. The van der Waals surface area contributed by atoms with Crippen molar-refractivity contribution in [3.63, 3.8) is 0 Å². The zero-order chi connectivity index (χ0) is 29.1. The van der Waals surface area contributed by atoms with Crippen LogP contribution in [0.25, 0.3) is 34.0 Å². The highest BCUT2D eigenvalue weighted by molar-refractivity contribution is 5.75. The van der Waals surface area contributed by atoms with Crippen LogP contribution in [0, 0.1) is 11.2 Å². The first-order valence-corrected chi connectivity index (χ1v) is 13.9. The number of hydrogen-bond donors (Lipinski definition) is 2. The number of phenols is 1. The van der Waals surface area contributed by atoms with Crippen molar-refractivity contribution >= 4 is 5.97 Å². The molecule has 7 nitrogen and oxygen atoms in total. The van der Waals surface area contributed by atoms with Gasteiger partial charge in [-0.05, 0) is 79.4 Å². The highest BCUT2D eigenvalue weighted by atomic mass is 19.1. The fraction of sp³-hybridized carbons (Fsp3) is 0.206. The highest BCUT2D eigenvalue weighted by Gasteiger charge is 2.41. The van der Waals surface area contributed by atoms with Crippen molar-refractivity contribution in [3.05, 3.63) is 114 Å². The summed E-state index contributed by atoms with van der Waals surface area (Å²) >= 11 is 0. The average molecular weight is 564 g/mol. The highest BCUT2D eigenvalue weighted by Crippen LogP contribution is 2.37. The minimum absolute atomic E-state index is 0.136. The molecule has 5 aromatic rings. The van der Waals surface area contributed by atoms with Crippen LogP contribution in [0.2, 0.25) is 0 Å². The minimum Gasteiger partial charge on any atom is -0.507 e. The number of phenolic OH excluding ortho intramolecular Hbond substituents is 1. The molecule has 1 saturated heterocycles. The fourth-order valence-electron chi connectivity index (χ4n) is 5.60. The number of carboxylic acids is 1. The van der Waals surface area contributed by atoms with E-state index in [0.717, 1.165) is 27.8 Å². The summed E-state index contributed by atoms with van der Waals surface area (Å²) in [7, 11) is 0. The second-order valence-electron chi connectivity index (χ2n) is 10.9. The third-order valence-electron chi connectivity index (χ3n) is 8.10. The largest absolute Gasteiger partial charge is 0.507 e. The number of aromatic hydroxyl groups is 1. The number of rotatable bonds is 8. The summed E-state index contributed by atoms with van der Waals surface area (Å²) < 4.78 is 18.8. The van der Waals surface area contributed by atoms with Gasteiger partial charge in [-0.3, -0.25) is 9.69 Å². The van der Waals surface area contributed by atoms with Gasteiger partial charge in [-0.25, -0.2) is 4.39 Å². The van der Waals surface area contributed by atoms with Crippen molar-refractivity contribution in [2.75, 3.05) is 13.1 Å². The number of halogens is 1. The zero-order valence-electron chi connectivity index (χ0n) is 22.9. The predicted molar refractivity (Wildman–Crippen MR) is 157 cm³/mol. The number of aliphatic carboxylic acids is 1. The second kappa shape index (κ2) is 11.6. The maximum atomic E-state index is 13.3. The van der Waals surface area contributed by atoms with Gasteiger partial charge in [0, 0.05) is 23.2 Å². The van der Waals surface area contributed by atoms with Gasteiger partial charge < -0.3 is 14.7 Å². The van der Waals surface area contributed by atoms with Gasteiger partial charge in [0.1, 0.15) is 11.6 Å². The molecule has 1 aliphatic heterocycles. The number of aromatic nitrogens is 2. The zero-order valence-corrected chi connectivity index (χ0v) is 22.9. The molecule has 0 bridgehead atoms. The average Bonchev–Trinajstić information content (AvgIpc) is 3.51. The quantitative estimate of drug-likeness (QED) is 0.214. The number of piperidine rings is 1. The molecular formula is C34H30FN3O4. The van der Waals surface area contributed by atoms with Crippen LogP contribution in [-0.4, -0.2) is 44.3 Å². The molecule has 0 atom stereocenters. The number of hydrogen-bond acceptors (Lipinski definition) is 6. The predicted octanol–water partition coefficient (Wildman–Crippen LogP) is 6.82. The lowest BCUT2D eigenvalue weighted by Gasteiger charge is -2.39. The third kappa shape index (κ3) is 5.80. The van der Waals surface area contributed by atoms with E-state index in [-0.39, 0.29) is 11.6 Å². The smallest absolute Gasteiger partial charge is 0.310 e. The van der Waals surface area contributed by atoms with Gasteiger partial charge in [0.15, 0.2) is 0 Å². The minimum atomic E-state index is -0.840. The van der Waals surface area contributed by atoms with Crippen molar-refractivity contribution in [1.82, 2.24) is 15.0 Å². The summed E-state index contributed by atoms with van der Waals surface area (Å²) in [4.78, 5) is 19.0. The van der Waals surface area contributed by atoms with Crippen LogP contribution in [0.5, 0.6) is 5.75 Å². The molecule has 42 heavy (non-hydrogen) atoms. The van der Waals surface area contributed by atoms with E-state index in [1.807, 2.05) is 66.7 Å². The van der Waals surface area contributed by atoms with Crippen LogP contribution in [-0.2, 0) is 17.8 Å². The maximum absolute atomic E-state index is 13.3. The van der Waals surface area contributed by atoms with Gasteiger partial charge in [0.25, 0.3) is 5.89 Å². The summed E-state index contributed by atoms with van der Waals surface area (Å²) in [5.41, 5.74) is 4.19. The lowest BCUT2D eigenvalue weighted by Crippen LogP contribution is -2.45. The molecule has 1 aliphatic rings. The Hall–Kier alpha value is -4.82. The third-order valence-corrected chi connectivity index (χ3v) is 8.10. The molecule has 1 fully saturated rings. The molecule has 8 heteroatoms. The molecular weight excluding hydrogens is 533 g/mol. The van der Waals surface area contributed by atoms with E-state index >= 15 is 0 Å². The van der Waals surface area contributed by atoms with E-state index in [4.69, 9.17) is 4.52 Å². The lowest BCUT2D eigenvalue weighted by atomic mass is 9.74. The molecule has 212 valence electrons. The molecule has 0 spiro atoms. The second-order valence-corrected chi connectivity index (χ2v) is 10.9. The van der Waals surface area contributed by atoms with E-state index in [2.05, 4.69) is 15.0 Å². The first kappa shape index (κ1) is 27.4. The normalized spacial score (nSPS) is 15.0. The molecule has 0 radical (unpaired) electrons. The molecule has 1 aromatic heterocycles. The Morgan fingerprint density at radius 2 is 1.52 bits per heavy atom.